The van der Waals surface area contributed by atoms with Crippen molar-refractivity contribution < 1.29 is 17.0 Å². The monoisotopic (exact) mass is 386 g/mol. The van der Waals surface area contributed by atoms with Crippen LogP contribution in [0.15, 0.2) is 63.6 Å². The van der Waals surface area contributed by atoms with Crippen LogP contribution in [0.5, 0.6) is 0 Å². The third-order valence-electron chi connectivity index (χ3n) is 4.68. The summed E-state index contributed by atoms with van der Waals surface area (Å²) in [5, 5.41) is 0. The van der Waals surface area contributed by atoms with E-state index in [1.807, 2.05) is 25.1 Å². The van der Waals surface area contributed by atoms with Crippen LogP contribution in [0.4, 0.5) is 0 Å². The van der Waals surface area contributed by atoms with E-state index in [4.69, 9.17) is 8.60 Å². The first kappa shape index (κ1) is 19.7. The van der Waals surface area contributed by atoms with Gasteiger partial charge in [0.05, 0.1) is 11.5 Å². The highest BCUT2D eigenvalue weighted by atomic mass is 32.2. The second-order valence-corrected chi connectivity index (χ2v) is 8.62. The minimum absolute atomic E-state index is 0.00309. The summed E-state index contributed by atoms with van der Waals surface area (Å²) >= 11 is 0. The summed E-state index contributed by atoms with van der Waals surface area (Å²) in [7, 11) is -3.74. The molecule has 4 nitrogen and oxygen atoms in total. The second-order valence-electron chi connectivity index (χ2n) is 7.00. The molecule has 0 saturated carbocycles. The SMILES string of the molecule is Cc1ccc(S(=O)(=O)OC[C@@H]2C=C=CCCCc3ccc(o3)CCC2)cc1. The Kier molecular flexibility index (Phi) is 6.73. The summed E-state index contributed by atoms with van der Waals surface area (Å²) in [5.74, 6) is 2.02. The maximum atomic E-state index is 12.4. The van der Waals surface area contributed by atoms with Crippen molar-refractivity contribution in [1.82, 2.24) is 0 Å². The maximum Gasteiger partial charge on any atom is 0.296 e. The minimum Gasteiger partial charge on any atom is -0.466 e. The van der Waals surface area contributed by atoms with E-state index in [0.29, 0.717) is 0 Å². The average Bonchev–Trinajstić information content (AvgIpc) is 3.10. The quantitative estimate of drug-likeness (QED) is 0.549. The van der Waals surface area contributed by atoms with Crippen molar-refractivity contribution >= 4 is 10.1 Å². The first-order chi connectivity index (χ1) is 13.0. The van der Waals surface area contributed by atoms with Crippen molar-refractivity contribution in [3.63, 3.8) is 0 Å². The van der Waals surface area contributed by atoms with Gasteiger partial charge in [-0.05, 0) is 69.0 Å². The van der Waals surface area contributed by atoms with Gasteiger partial charge in [-0.1, -0.05) is 17.7 Å². The number of aryl methyl sites for hydroxylation is 3. The molecule has 0 fully saturated rings. The predicted molar refractivity (Wildman–Crippen MR) is 105 cm³/mol. The molecule has 1 aromatic heterocycles. The van der Waals surface area contributed by atoms with Gasteiger partial charge in [0.25, 0.3) is 10.1 Å². The Labute approximate surface area is 161 Å². The molecule has 5 heteroatoms. The lowest BCUT2D eigenvalue weighted by atomic mass is 10.0. The van der Waals surface area contributed by atoms with Crippen LogP contribution in [0.3, 0.4) is 0 Å². The van der Waals surface area contributed by atoms with E-state index in [-0.39, 0.29) is 17.4 Å². The van der Waals surface area contributed by atoms with Gasteiger partial charge in [-0.15, -0.1) is 5.73 Å². The Bertz CT molecular complexity index is 900. The molecule has 0 amide bonds. The van der Waals surface area contributed by atoms with E-state index in [1.165, 1.54) is 0 Å². The standard InChI is InChI=1S/C22H26O4S/c1-18-11-15-22(16-12-18)27(23,24)25-17-19-7-4-2-3-5-9-20-13-14-21(26-20)10-6-8-19/h2,7,11-16,19H,3,5-6,8-10,17H2,1H3/t4?,19-/m1/s1. The third-order valence-corrected chi connectivity index (χ3v) is 5.98. The molecule has 0 N–H and O–H groups in total. The molecule has 1 aromatic carbocycles. The summed E-state index contributed by atoms with van der Waals surface area (Å²) in [5.41, 5.74) is 4.21. The van der Waals surface area contributed by atoms with Crippen molar-refractivity contribution in [1.29, 1.82) is 0 Å². The molecule has 2 bridgehead atoms. The van der Waals surface area contributed by atoms with Crippen molar-refractivity contribution in [2.75, 3.05) is 6.61 Å². The van der Waals surface area contributed by atoms with Gasteiger partial charge in [-0.3, -0.25) is 4.18 Å². The summed E-state index contributed by atoms with van der Waals surface area (Å²) in [6.07, 6.45) is 9.37. The van der Waals surface area contributed by atoms with E-state index in [2.05, 4.69) is 11.8 Å². The van der Waals surface area contributed by atoms with E-state index in [1.54, 1.807) is 24.3 Å². The Morgan fingerprint density at radius 3 is 2.52 bits per heavy atom. The van der Waals surface area contributed by atoms with Crippen molar-refractivity contribution in [2.24, 2.45) is 5.92 Å². The summed E-state index contributed by atoms with van der Waals surface area (Å²) < 4.78 is 36.0. The van der Waals surface area contributed by atoms with Gasteiger partial charge in [0.15, 0.2) is 0 Å². The fourth-order valence-electron chi connectivity index (χ4n) is 3.06. The van der Waals surface area contributed by atoms with Crippen LogP contribution in [0.25, 0.3) is 0 Å². The van der Waals surface area contributed by atoms with Crippen LogP contribution in [0, 0.1) is 12.8 Å². The van der Waals surface area contributed by atoms with Crippen LogP contribution >= 0.6 is 0 Å². The largest absolute Gasteiger partial charge is 0.466 e. The second kappa shape index (κ2) is 9.23. The highest BCUT2D eigenvalue weighted by molar-refractivity contribution is 7.86. The molecular weight excluding hydrogens is 360 g/mol. The molecule has 0 saturated heterocycles. The van der Waals surface area contributed by atoms with E-state index in [0.717, 1.165) is 55.6 Å². The molecular formula is C22H26O4S. The first-order valence-corrected chi connectivity index (χ1v) is 10.9. The number of hydrogen-bond donors (Lipinski definition) is 0. The summed E-state index contributed by atoms with van der Waals surface area (Å²) in [4.78, 5) is 0.195. The van der Waals surface area contributed by atoms with Gasteiger partial charge in [-0.2, -0.15) is 8.42 Å². The lowest BCUT2D eigenvalue weighted by molar-refractivity contribution is 0.270. The summed E-state index contributed by atoms with van der Waals surface area (Å²) in [6.45, 7) is 2.05. The van der Waals surface area contributed by atoms with Crippen LogP contribution < -0.4 is 0 Å². The zero-order chi connectivity index (χ0) is 19.1. The maximum absolute atomic E-state index is 12.4. The van der Waals surface area contributed by atoms with Gasteiger partial charge in [0.2, 0.25) is 0 Å². The summed E-state index contributed by atoms with van der Waals surface area (Å²) in [6, 6.07) is 10.8. The molecule has 2 aromatic rings. The predicted octanol–water partition coefficient (Wildman–Crippen LogP) is 4.98. The van der Waals surface area contributed by atoms with E-state index < -0.39 is 10.1 Å². The number of rotatable bonds is 4. The first-order valence-electron chi connectivity index (χ1n) is 9.48. The van der Waals surface area contributed by atoms with Crippen LogP contribution in [-0.2, 0) is 27.1 Å². The van der Waals surface area contributed by atoms with E-state index in [9.17, 15) is 8.42 Å². The molecule has 144 valence electrons. The minimum atomic E-state index is -3.74. The molecule has 1 atom stereocenters. The van der Waals surface area contributed by atoms with Crippen LogP contribution in [0.1, 0.15) is 42.8 Å². The molecule has 2 heterocycles. The molecule has 0 unspecified atom stereocenters. The highest BCUT2D eigenvalue weighted by Gasteiger charge is 2.17. The third kappa shape index (κ3) is 5.96. The number of hydrogen-bond acceptors (Lipinski definition) is 4. The molecule has 0 radical (unpaired) electrons. The van der Waals surface area contributed by atoms with Gasteiger partial charge in [-0.25, -0.2) is 0 Å². The lowest BCUT2D eigenvalue weighted by Crippen LogP contribution is -2.14. The molecule has 27 heavy (non-hydrogen) atoms. The van der Waals surface area contributed by atoms with Crippen molar-refractivity contribution in [2.45, 2.75) is 50.3 Å². The van der Waals surface area contributed by atoms with Crippen molar-refractivity contribution in [3.05, 3.63) is 71.4 Å². The average molecular weight is 387 g/mol. The van der Waals surface area contributed by atoms with Gasteiger partial charge in [0.1, 0.15) is 11.5 Å². The number of benzene rings is 1. The van der Waals surface area contributed by atoms with Gasteiger partial charge in [0, 0.05) is 18.8 Å². The Morgan fingerprint density at radius 2 is 1.78 bits per heavy atom. The Balaban J connectivity index is 1.64. The smallest absolute Gasteiger partial charge is 0.296 e. The number of furan rings is 1. The zero-order valence-electron chi connectivity index (χ0n) is 15.7. The van der Waals surface area contributed by atoms with Gasteiger partial charge < -0.3 is 4.42 Å². The Hall–Kier alpha value is -2.07. The van der Waals surface area contributed by atoms with Crippen LogP contribution in [0.2, 0.25) is 0 Å². The highest BCUT2D eigenvalue weighted by Crippen LogP contribution is 2.19. The Morgan fingerprint density at radius 1 is 1.07 bits per heavy atom. The molecule has 0 spiro atoms. The lowest BCUT2D eigenvalue weighted by Gasteiger charge is -2.12. The molecule has 0 aliphatic carbocycles. The normalized spacial score (nSPS) is 18.5. The fraction of sp³-hybridized carbons (Fsp3) is 0.409. The zero-order valence-corrected chi connectivity index (χ0v) is 16.5. The number of fused-ring (bicyclic) bond motifs is 2. The molecule has 3 rings (SSSR count). The van der Waals surface area contributed by atoms with Crippen molar-refractivity contribution in [3.8, 4) is 0 Å². The van der Waals surface area contributed by atoms with Crippen LogP contribution in [-0.4, -0.2) is 15.0 Å². The molecule has 1 aliphatic rings. The molecule has 1 aliphatic heterocycles. The fourth-order valence-corrected chi connectivity index (χ4v) is 4.02. The topological polar surface area (TPSA) is 56.5 Å². The van der Waals surface area contributed by atoms with E-state index >= 15 is 0 Å². The van der Waals surface area contributed by atoms with Gasteiger partial charge >= 0.3 is 0 Å².